The monoisotopic (exact) mass is 325 g/mol. The average Bonchev–Trinajstić information content (AvgIpc) is 2.50. The van der Waals surface area contributed by atoms with Crippen LogP contribution in [0.15, 0.2) is 25.3 Å². The molecule has 0 radical (unpaired) electrons. The summed E-state index contributed by atoms with van der Waals surface area (Å²) in [6.45, 7) is 12.2. The number of ether oxygens (including phenoxy) is 2. The third-order valence-electron chi connectivity index (χ3n) is 3.30. The van der Waals surface area contributed by atoms with Gasteiger partial charge in [-0.3, -0.25) is 4.79 Å². The standard InChI is InChI=1S/C17H27NO5/c1-6-10-11-13-18(14(5)19)17(12-7-2,15(20)22-8-3)16(21)23-9-4/h6-7H,1-2,8-13H2,3-5H3. The summed E-state index contributed by atoms with van der Waals surface area (Å²) in [6, 6.07) is 0. The Morgan fingerprint density at radius 3 is 1.91 bits per heavy atom. The van der Waals surface area contributed by atoms with Gasteiger partial charge >= 0.3 is 11.9 Å². The molecule has 0 saturated heterocycles. The van der Waals surface area contributed by atoms with Gasteiger partial charge in [0.1, 0.15) is 0 Å². The predicted molar refractivity (Wildman–Crippen MR) is 87.6 cm³/mol. The number of carbonyl (C=O) groups excluding carboxylic acids is 3. The second-order valence-corrected chi connectivity index (χ2v) is 4.90. The van der Waals surface area contributed by atoms with E-state index in [2.05, 4.69) is 13.2 Å². The largest absolute Gasteiger partial charge is 0.464 e. The van der Waals surface area contributed by atoms with Gasteiger partial charge in [-0.1, -0.05) is 12.2 Å². The highest BCUT2D eigenvalue weighted by Gasteiger charge is 2.54. The van der Waals surface area contributed by atoms with Gasteiger partial charge in [0.25, 0.3) is 0 Å². The van der Waals surface area contributed by atoms with Crippen molar-refractivity contribution in [1.82, 2.24) is 4.90 Å². The van der Waals surface area contributed by atoms with E-state index in [-0.39, 0.29) is 26.2 Å². The molecule has 0 aromatic heterocycles. The van der Waals surface area contributed by atoms with Crippen LogP contribution in [0, 0.1) is 0 Å². The van der Waals surface area contributed by atoms with Crippen LogP contribution >= 0.6 is 0 Å². The van der Waals surface area contributed by atoms with Gasteiger partial charge in [0.05, 0.1) is 13.2 Å². The van der Waals surface area contributed by atoms with E-state index in [1.54, 1.807) is 19.9 Å². The average molecular weight is 325 g/mol. The Morgan fingerprint density at radius 1 is 1.04 bits per heavy atom. The van der Waals surface area contributed by atoms with Crippen LogP contribution in [0.2, 0.25) is 0 Å². The van der Waals surface area contributed by atoms with E-state index in [0.29, 0.717) is 12.8 Å². The molecule has 0 aromatic rings. The lowest BCUT2D eigenvalue weighted by Gasteiger charge is -2.38. The lowest BCUT2D eigenvalue weighted by Crippen LogP contribution is -2.63. The van der Waals surface area contributed by atoms with Crippen LogP contribution < -0.4 is 0 Å². The van der Waals surface area contributed by atoms with Crippen LogP contribution in [-0.2, 0) is 23.9 Å². The predicted octanol–water partition coefficient (Wildman–Crippen LogP) is 2.24. The molecular weight excluding hydrogens is 298 g/mol. The number of allylic oxidation sites excluding steroid dienone is 1. The molecule has 23 heavy (non-hydrogen) atoms. The summed E-state index contributed by atoms with van der Waals surface area (Å²) < 4.78 is 10.1. The van der Waals surface area contributed by atoms with Gasteiger partial charge in [-0.2, -0.15) is 0 Å². The van der Waals surface area contributed by atoms with Gasteiger partial charge in [0, 0.05) is 19.9 Å². The first-order valence-electron chi connectivity index (χ1n) is 7.76. The van der Waals surface area contributed by atoms with Gasteiger partial charge in [0.2, 0.25) is 11.4 Å². The highest BCUT2D eigenvalue weighted by Crippen LogP contribution is 2.26. The Hall–Kier alpha value is -2.11. The lowest BCUT2D eigenvalue weighted by molar-refractivity contribution is -0.178. The van der Waals surface area contributed by atoms with Gasteiger partial charge in [-0.15, -0.1) is 13.2 Å². The number of unbranched alkanes of at least 4 members (excludes halogenated alkanes) is 1. The van der Waals surface area contributed by atoms with Crippen molar-refractivity contribution in [2.24, 2.45) is 0 Å². The quantitative estimate of drug-likeness (QED) is 0.252. The molecule has 0 saturated carbocycles. The first kappa shape index (κ1) is 20.9. The van der Waals surface area contributed by atoms with E-state index in [4.69, 9.17) is 9.47 Å². The van der Waals surface area contributed by atoms with Crippen LogP contribution in [0.25, 0.3) is 0 Å². The zero-order chi connectivity index (χ0) is 17.9. The molecule has 0 fully saturated rings. The van der Waals surface area contributed by atoms with Gasteiger partial charge in [-0.05, 0) is 26.7 Å². The summed E-state index contributed by atoms with van der Waals surface area (Å²) >= 11 is 0. The summed E-state index contributed by atoms with van der Waals surface area (Å²) in [5.41, 5.74) is -1.83. The van der Waals surface area contributed by atoms with Crippen molar-refractivity contribution >= 4 is 17.8 Å². The Balaban J connectivity index is 5.92. The van der Waals surface area contributed by atoms with E-state index in [0.717, 1.165) is 0 Å². The topological polar surface area (TPSA) is 72.9 Å². The van der Waals surface area contributed by atoms with Crippen LogP contribution in [0.3, 0.4) is 0 Å². The second kappa shape index (κ2) is 10.6. The molecule has 6 heteroatoms. The fraction of sp³-hybridized carbons (Fsp3) is 0.588. The van der Waals surface area contributed by atoms with Gasteiger partial charge in [-0.25, -0.2) is 9.59 Å². The molecule has 6 nitrogen and oxygen atoms in total. The first-order chi connectivity index (χ1) is 10.9. The Bertz CT molecular complexity index is 426. The second-order valence-electron chi connectivity index (χ2n) is 4.90. The van der Waals surface area contributed by atoms with Crippen molar-refractivity contribution in [3.8, 4) is 0 Å². The number of rotatable bonds is 11. The number of hydrogen-bond donors (Lipinski definition) is 0. The fourth-order valence-electron chi connectivity index (χ4n) is 2.30. The zero-order valence-corrected chi connectivity index (χ0v) is 14.3. The molecule has 0 unspecified atom stereocenters. The summed E-state index contributed by atoms with van der Waals surface area (Å²) in [4.78, 5) is 38.5. The van der Waals surface area contributed by atoms with Crippen LogP contribution in [0.5, 0.6) is 0 Å². The van der Waals surface area contributed by atoms with E-state index in [1.165, 1.54) is 17.9 Å². The third kappa shape index (κ3) is 5.23. The summed E-state index contributed by atoms with van der Waals surface area (Å²) in [5.74, 6) is -2.00. The summed E-state index contributed by atoms with van der Waals surface area (Å²) in [6.07, 6.45) is 4.28. The molecule has 0 atom stereocenters. The molecule has 0 heterocycles. The maximum Gasteiger partial charge on any atom is 0.344 e. The van der Waals surface area contributed by atoms with Crippen molar-refractivity contribution in [3.63, 3.8) is 0 Å². The minimum absolute atomic E-state index is 0.0711. The number of amides is 1. The first-order valence-corrected chi connectivity index (χ1v) is 7.76. The maximum atomic E-state index is 12.6. The van der Waals surface area contributed by atoms with Crippen LogP contribution in [-0.4, -0.2) is 48.0 Å². The van der Waals surface area contributed by atoms with Crippen molar-refractivity contribution in [2.45, 2.75) is 45.6 Å². The zero-order valence-electron chi connectivity index (χ0n) is 14.3. The number of hydrogen-bond acceptors (Lipinski definition) is 5. The molecule has 0 spiro atoms. The molecule has 130 valence electrons. The van der Waals surface area contributed by atoms with Crippen molar-refractivity contribution in [3.05, 3.63) is 25.3 Å². The highest BCUT2D eigenvalue weighted by atomic mass is 16.6. The van der Waals surface area contributed by atoms with Gasteiger partial charge < -0.3 is 14.4 Å². The maximum absolute atomic E-state index is 12.6. The smallest absolute Gasteiger partial charge is 0.344 e. The molecule has 1 amide bonds. The Kier molecular flexibility index (Phi) is 9.62. The fourth-order valence-corrected chi connectivity index (χ4v) is 2.30. The van der Waals surface area contributed by atoms with E-state index in [1.807, 2.05) is 0 Å². The van der Waals surface area contributed by atoms with E-state index < -0.39 is 23.4 Å². The summed E-state index contributed by atoms with van der Waals surface area (Å²) in [5, 5.41) is 0. The molecule has 0 aromatic carbocycles. The minimum atomic E-state index is -1.83. The van der Waals surface area contributed by atoms with Crippen molar-refractivity contribution in [2.75, 3.05) is 19.8 Å². The SMILES string of the molecule is C=CCCCN(C(C)=O)C(CC=C)(C(=O)OCC)C(=O)OCC. The molecule has 0 aliphatic heterocycles. The van der Waals surface area contributed by atoms with Crippen LogP contribution in [0.1, 0.15) is 40.0 Å². The molecule has 0 rings (SSSR count). The summed E-state index contributed by atoms with van der Waals surface area (Å²) in [7, 11) is 0. The molecule has 0 aliphatic carbocycles. The van der Waals surface area contributed by atoms with E-state index in [9.17, 15) is 14.4 Å². The van der Waals surface area contributed by atoms with Crippen LogP contribution in [0.4, 0.5) is 0 Å². The molecular formula is C17H27NO5. The number of nitrogens with zero attached hydrogens (tertiary/aromatic N) is 1. The lowest BCUT2D eigenvalue weighted by atomic mass is 9.91. The normalized spacial score (nSPS) is 10.6. The van der Waals surface area contributed by atoms with Crippen molar-refractivity contribution in [1.29, 1.82) is 0 Å². The number of carbonyl (C=O) groups is 3. The number of esters is 2. The van der Waals surface area contributed by atoms with Crippen molar-refractivity contribution < 1.29 is 23.9 Å². The Labute approximate surface area is 138 Å². The Morgan fingerprint density at radius 2 is 1.57 bits per heavy atom. The van der Waals surface area contributed by atoms with Gasteiger partial charge in [0.15, 0.2) is 0 Å². The molecule has 0 N–H and O–H groups in total. The molecule has 0 aliphatic rings. The highest BCUT2D eigenvalue weighted by molar-refractivity contribution is 6.07. The van der Waals surface area contributed by atoms with E-state index >= 15 is 0 Å². The minimum Gasteiger partial charge on any atom is -0.464 e. The third-order valence-corrected chi connectivity index (χ3v) is 3.30. The molecule has 0 bridgehead atoms.